The summed E-state index contributed by atoms with van der Waals surface area (Å²) in [5, 5.41) is 2.84. The molecule has 1 N–H and O–H groups in total. The number of hydrogen-bond donors (Lipinski definition) is 1. The maximum absolute atomic E-state index is 12.7. The van der Waals surface area contributed by atoms with E-state index in [2.05, 4.69) is 10.1 Å². The fourth-order valence-electron chi connectivity index (χ4n) is 3.42. The molecule has 0 spiro atoms. The maximum Gasteiger partial charge on any atom is 0.387 e. The van der Waals surface area contributed by atoms with Gasteiger partial charge in [0.2, 0.25) is 0 Å². The summed E-state index contributed by atoms with van der Waals surface area (Å²) in [7, 11) is 0. The second-order valence-corrected chi connectivity index (χ2v) is 6.72. The minimum atomic E-state index is -3.00. The number of esters is 1. The van der Waals surface area contributed by atoms with Crippen LogP contribution in [0.1, 0.15) is 45.2 Å². The molecule has 0 radical (unpaired) electrons. The van der Waals surface area contributed by atoms with Crippen LogP contribution in [0.2, 0.25) is 0 Å². The molecule has 9 heteroatoms. The van der Waals surface area contributed by atoms with Crippen molar-refractivity contribution in [1.29, 1.82) is 0 Å². The second kappa shape index (κ2) is 8.67. The van der Waals surface area contributed by atoms with E-state index in [1.54, 1.807) is 25.7 Å². The molecule has 1 saturated carbocycles. The molecule has 3 rings (SSSR count). The van der Waals surface area contributed by atoms with E-state index in [1.807, 2.05) is 0 Å². The van der Waals surface area contributed by atoms with Gasteiger partial charge in [-0.3, -0.25) is 4.90 Å². The number of urea groups is 1. The highest BCUT2D eigenvalue weighted by atomic mass is 19.3. The van der Waals surface area contributed by atoms with Gasteiger partial charge in [0.15, 0.2) is 11.5 Å². The number of alkyl halides is 2. The summed E-state index contributed by atoms with van der Waals surface area (Å²) in [5.74, 6) is -0.553. The first-order valence-corrected chi connectivity index (χ1v) is 9.56. The topological polar surface area (TPSA) is 77.1 Å². The van der Waals surface area contributed by atoms with Gasteiger partial charge in [0, 0.05) is 11.7 Å². The van der Waals surface area contributed by atoms with Crippen LogP contribution < -0.4 is 14.8 Å². The Balaban J connectivity index is 2.03. The smallest absolute Gasteiger partial charge is 0.387 e. The van der Waals surface area contributed by atoms with Gasteiger partial charge in [-0.25, -0.2) is 9.59 Å². The first-order valence-electron chi connectivity index (χ1n) is 9.56. The standard InChI is InChI=1S/C20H24F2N2O5/c1-4-27-15-10-12(6-9-14(15)29-19(21)22)17-16(18(25)28-5-2)11(3)24(13-7-8-13)20(26)23-17/h6,9-10,13,17,19H,4-5,7-8H2,1-3H3,(H,23,26)/t17-/m1/s1. The van der Waals surface area contributed by atoms with Crippen LogP contribution in [0.4, 0.5) is 13.6 Å². The van der Waals surface area contributed by atoms with Gasteiger partial charge in [-0.05, 0) is 51.3 Å². The highest BCUT2D eigenvalue weighted by Crippen LogP contribution is 2.40. The summed E-state index contributed by atoms with van der Waals surface area (Å²) in [6, 6.07) is 3.31. The number of nitrogens with one attached hydrogen (secondary N) is 1. The molecule has 1 aliphatic heterocycles. The fourth-order valence-corrected chi connectivity index (χ4v) is 3.42. The van der Waals surface area contributed by atoms with Crippen LogP contribution in [0.5, 0.6) is 11.5 Å². The summed E-state index contributed by atoms with van der Waals surface area (Å²) in [5.41, 5.74) is 1.34. The Morgan fingerprint density at radius 2 is 1.97 bits per heavy atom. The van der Waals surface area contributed by atoms with Crippen LogP contribution in [0.3, 0.4) is 0 Å². The fraction of sp³-hybridized carbons (Fsp3) is 0.500. The van der Waals surface area contributed by atoms with E-state index in [-0.39, 0.29) is 36.8 Å². The van der Waals surface area contributed by atoms with Crippen LogP contribution in [0.25, 0.3) is 0 Å². The molecule has 1 fully saturated rings. The van der Waals surface area contributed by atoms with Gasteiger partial charge in [0.1, 0.15) is 0 Å². The van der Waals surface area contributed by atoms with Crippen molar-refractivity contribution in [2.24, 2.45) is 0 Å². The van der Waals surface area contributed by atoms with Gasteiger partial charge in [0.05, 0.1) is 24.8 Å². The molecule has 29 heavy (non-hydrogen) atoms. The SMILES string of the molecule is CCOC(=O)C1=C(C)N(C2CC2)C(=O)N[C@@H]1c1ccc(OC(F)F)c(OCC)c1. The summed E-state index contributed by atoms with van der Waals surface area (Å²) in [6.45, 7) is 2.54. The molecule has 2 aliphatic rings. The Kier molecular flexibility index (Phi) is 6.24. The van der Waals surface area contributed by atoms with Gasteiger partial charge in [-0.1, -0.05) is 6.07 Å². The molecule has 0 unspecified atom stereocenters. The van der Waals surface area contributed by atoms with Crippen LogP contribution in [0, 0.1) is 0 Å². The van der Waals surface area contributed by atoms with Crippen molar-refractivity contribution in [3.05, 3.63) is 35.0 Å². The first-order chi connectivity index (χ1) is 13.9. The Hall–Kier alpha value is -2.84. The number of halogens is 2. The van der Waals surface area contributed by atoms with Crippen molar-refractivity contribution in [1.82, 2.24) is 10.2 Å². The van der Waals surface area contributed by atoms with Gasteiger partial charge >= 0.3 is 18.6 Å². The normalized spacial score (nSPS) is 19.3. The maximum atomic E-state index is 12.7. The molecule has 1 aliphatic carbocycles. The van der Waals surface area contributed by atoms with Crippen molar-refractivity contribution in [3.8, 4) is 11.5 Å². The summed E-state index contributed by atoms with van der Waals surface area (Å²) in [4.78, 5) is 27.0. The summed E-state index contributed by atoms with van der Waals surface area (Å²) in [6.07, 6.45) is 1.75. The van der Waals surface area contributed by atoms with Crippen LogP contribution >= 0.6 is 0 Å². The molecule has 0 aromatic heterocycles. The molecule has 0 bridgehead atoms. The van der Waals surface area contributed by atoms with Crippen molar-refractivity contribution in [2.75, 3.05) is 13.2 Å². The third kappa shape index (κ3) is 4.44. The van der Waals surface area contributed by atoms with E-state index < -0.39 is 18.6 Å². The molecule has 1 aromatic carbocycles. The third-order valence-corrected chi connectivity index (χ3v) is 4.75. The lowest BCUT2D eigenvalue weighted by Crippen LogP contribution is -2.48. The number of carbonyl (C=O) groups excluding carboxylic acids is 2. The van der Waals surface area contributed by atoms with Crippen molar-refractivity contribution in [3.63, 3.8) is 0 Å². The lowest BCUT2D eigenvalue weighted by molar-refractivity contribution is -0.139. The Morgan fingerprint density at radius 1 is 1.24 bits per heavy atom. The number of rotatable bonds is 8. The zero-order chi connectivity index (χ0) is 21.1. The summed E-state index contributed by atoms with van der Waals surface area (Å²) < 4.78 is 40.5. The molecular formula is C20H24F2N2O5. The third-order valence-electron chi connectivity index (χ3n) is 4.75. The minimum absolute atomic E-state index is 0.0705. The number of amides is 2. The number of carbonyl (C=O) groups is 2. The molecule has 7 nitrogen and oxygen atoms in total. The molecular weight excluding hydrogens is 386 g/mol. The average Bonchev–Trinajstić information content (AvgIpc) is 3.47. The molecule has 158 valence electrons. The van der Waals surface area contributed by atoms with Gasteiger partial charge in [0.25, 0.3) is 0 Å². The predicted octanol–water partition coefficient (Wildman–Crippen LogP) is 3.75. The predicted molar refractivity (Wildman–Crippen MR) is 99.7 cm³/mol. The second-order valence-electron chi connectivity index (χ2n) is 6.72. The van der Waals surface area contributed by atoms with Crippen LogP contribution in [-0.4, -0.2) is 42.8 Å². The van der Waals surface area contributed by atoms with Crippen molar-refractivity contribution >= 4 is 12.0 Å². The van der Waals surface area contributed by atoms with Gasteiger partial charge in [-0.2, -0.15) is 8.78 Å². The molecule has 1 aromatic rings. The zero-order valence-corrected chi connectivity index (χ0v) is 16.5. The first kappa shape index (κ1) is 20.9. The van der Waals surface area contributed by atoms with E-state index >= 15 is 0 Å². The monoisotopic (exact) mass is 410 g/mol. The number of allylic oxidation sites excluding steroid dienone is 1. The van der Waals surface area contributed by atoms with Crippen molar-refractivity contribution in [2.45, 2.75) is 52.3 Å². The van der Waals surface area contributed by atoms with Crippen LogP contribution in [-0.2, 0) is 9.53 Å². The number of ether oxygens (including phenoxy) is 3. The van der Waals surface area contributed by atoms with E-state index in [1.165, 1.54) is 18.2 Å². The largest absolute Gasteiger partial charge is 0.490 e. The highest BCUT2D eigenvalue weighted by molar-refractivity contribution is 5.95. The molecule has 0 saturated heterocycles. The Bertz CT molecular complexity index is 823. The van der Waals surface area contributed by atoms with Gasteiger partial charge < -0.3 is 19.5 Å². The van der Waals surface area contributed by atoms with Gasteiger partial charge in [-0.15, -0.1) is 0 Å². The average molecular weight is 410 g/mol. The lowest BCUT2D eigenvalue weighted by Gasteiger charge is -2.35. The molecule has 2 amide bonds. The van der Waals surface area contributed by atoms with E-state index in [9.17, 15) is 18.4 Å². The summed E-state index contributed by atoms with van der Waals surface area (Å²) >= 11 is 0. The quantitative estimate of drug-likeness (QED) is 0.661. The minimum Gasteiger partial charge on any atom is -0.490 e. The lowest BCUT2D eigenvalue weighted by atomic mass is 9.94. The number of hydrogen-bond acceptors (Lipinski definition) is 5. The Labute approximate surface area is 167 Å². The number of benzene rings is 1. The molecule has 1 atom stereocenters. The molecule has 1 heterocycles. The zero-order valence-electron chi connectivity index (χ0n) is 16.5. The van der Waals surface area contributed by atoms with Crippen LogP contribution in [0.15, 0.2) is 29.5 Å². The van der Waals surface area contributed by atoms with E-state index in [0.29, 0.717) is 16.8 Å². The van der Waals surface area contributed by atoms with E-state index in [4.69, 9.17) is 9.47 Å². The number of nitrogens with zero attached hydrogens (tertiary/aromatic N) is 1. The van der Waals surface area contributed by atoms with Crippen molar-refractivity contribution < 1.29 is 32.6 Å². The van der Waals surface area contributed by atoms with E-state index in [0.717, 1.165) is 12.8 Å². The highest BCUT2D eigenvalue weighted by Gasteiger charge is 2.42. The Morgan fingerprint density at radius 3 is 2.55 bits per heavy atom.